The van der Waals surface area contributed by atoms with Crippen LogP contribution in [0.4, 0.5) is 0 Å². The second kappa shape index (κ2) is 2.50. The third-order valence-corrected chi connectivity index (χ3v) is 5.11. The van der Waals surface area contributed by atoms with E-state index in [1.165, 1.54) is 32.1 Å². The van der Waals surface area contributed by atoms with Crippen molar-refractivity contribution in [3.05, 3.63) is 0 Å². The molecule has 0 heterocycles. The third-order valence-electron chi connectivity index (χ3n) is 5.11. The van der Waals surface area contributed by atoms with Gasteiger partial charge in [-0.2, -0.15) is 0 Å². The monoisotopic (exact) mass is 180 g/mol. The molecule has 1 nitrogen and oxygen atoms in total. The zero-order chi connectivity index (χ0) is 9.05. The molecule has 4 aliphatic carbocycles. The molecule has 1 N–H and O–H groups in total. The highest BCUT2D eigenvalue weighted by Gasteiger charge is 2.54. The van der Waals surface area contributed by atoms with Gasteiger partial charge in [-0.3, -0.25) is 0 Å². The Morgan fingerprint density at radius 1 is 1.15 bits per heavy atom. The van der Waals surface area contributed by atoms with Crippen LogP contribution in [-0.2, 0) is 0 Å². The van der Waals surface area contributed by atoms with Crippen molar-refractivity contribution < 1.29 is 5.11 Å². The van der Waals surface area contributed by atoms with Crippen LogP contribution >= 0.6 is 0 Å². The molecule has 0 aromatic heterocycles. The third kappa shape index (κ3) is 1.03. The van der Waals surface area contributed by atoms with Gasteiger partial charge in [0.1, 0.15) is 0 Å². The Kier molecular flexibility index (Phi) is 1.59. The SMILES string of the molecule is CC12CC3CC(CC(C3)C1CO)C2. The molecule has 0 radical (unpaired) electrons. The molecular weight excluding hydrogens is 160 g/mol. The first-order valence-electron chi connectivity index (χ1n) is 5.82. The van der Waals surface area contributed by atoms with Gasteiger partial charge < -0.3 is 5.11 Å². The Bertz CT molecular complexity index is 209. The van der Waals surface area contributed by atoms with Crippen LogP contribution in [0.1, 0.15) is 39.0 Å². The minimum atomic E-state index is 0.445. The molecule has 0 aromatic carbocycles. The minimum Gasteiger partial charge on any atom is -0.396 e. The summed E-state index contributed by atoms with van der Waals surface area (Å²) in [7, 11) is 0. The fraction of sp³-hybridized carbons (Fsp3) is 1.00. The lowest BCUT2D eigenvalue weighted by atomic mass is 9.46. The van der Waals surface area contributed by atoms with Crippen LogP contribution in [0.3, 0.4) is 0 Å². The highest BCUT2D eigenvalue weighted by molar-refractivity contribution is 5.03. The topological polar surface area (TPSA) is 20.2 Å². The van der Waals surface area contributed by atoms with Crippen molar-refractivity contribution in [3.8, 4) is 0 Å². The zero-order valence-electron chi connectivity index (χ0n) is 8.50. The molecule has 3 atom stereocenters. The van der Waals surface area contributed by atoms with E-state index in [-0.39, 0.29) is 0 Å². The minimum absolute atomic E-state index is 0.445. The van der Waals surface area contributed by atoms with Crippen LogP contribution in [0.5, 0.6) is 0 Å². The van der Waals surface area contributed by atoms with E-state index in [1.807, 2.05) is 0 Å². The Morgan fingerprint density at radius 2 is 1.77 bits per heavy atom. The normalized spacial score (nSPS) is 58.6. The molecule has 4 rings (SSSR count). The van der Waals surface area contributed by atoms with Gasteiger partial charge in [0.15, 0.2) is 0 Å². The van der Waals surface area contributed by atoms with Crippen molar-refractivity contribution in [2.24, 2.45) is 29.1 Å². The predicted octanol–water partition coefficient (Wildman–Crippen LogP) is 2.44. The van der Waals surface area contributed by atoms with E-state index in [9.17, 15) is 5.11 Å². The van der Waals surface area contributed by atoms with Crippen molar-refractivity contribution in [2.45, 2.75) is 39.0 Å². The summed E-state index contributed by atoms with van der Waals surface area (Å²) in [6, 6.07) is 0. The van der Waals surface area contributed by atoms with Gasteiger partial charge in [0, 0.05) is 6.61 Å². The molecule has 0 spiro atoms. The Hall–Kier alpha value is -0.0400. The Labute approximate surface area is 80.5 Å². The number of aliphatic hydroxyl groups excluding tert-OH is 1. The van der Waals surface area contributed by atoms with E-state index in [0.717, 1.165) is 17.8 Å². The Morgan fingerprint density at radius 3 is 2.23 bits per heavy atom. The first-order valence-corrected chi connectivity index (χ1v) is 5.82. The number of aliphatic hydroxyl groups is 1. The lowest BCUT2D eigenvalue weighted by molar-refractivity contribution is -0.115. The second-order valence-electron chi connectivity index (χ2n) is 6.05. The summed E-state index contributed by atoms with van der Waals surface area (Å²) in [5, 5.41) is 9.46. The van der Waals surface area contributed by atoms with Crippen LogP contribution in [0.25, 0.3) is 0 Å². The zero-order valence-corrected chi connectivity index (χ0v) is 8.50. The number of rotatable bonds is 1. The first-order chi connectivity index (χ1) is 6.21. The van der Waals surface area contributed by atoms with Gasteiger partial charge in [-0.25, -0.2) is 0 Å². The van der Waals surface area contributed by atoms with E-state index in [1.54, 1.807) is 0 Å². The lowest BCUT2D eigenvalue weighted by Gasteiger charge is -2.60. The number of hydrogen-bond acceptors (Lipinski definition) is 1. The highest BCUT2D eigenvalue weighted by atomic mass is 16.3. The van der Waals surface area contributed by atoms with E-state index in [2.05, 4.69) is 6.92 Å². The van der Waals surface area contributed by atoms with Gasteiger partial charge in [0.05, 0.1) is 0 Å². The molecule has 4 aliphatic rings. The van der Waals surface area contributed by atoms with Gasteiger partial charge >= 0.3 is 0 Å². The van der Waals surface area contributed by atoms with E-state index < -0.39 is 0 Å². The molecule has 4 saturated carbocycles. The first kappa shape index (κ1) is 8.28. The summed E-state index contributed by atoms with van der Waals surface area (Å²) >= 11 is 0. The summed E-state index contributed by atoms with van der Waals surface area (Å²) in [6.45, 7) is 2.87. The molecule has 4 fully saturated rings. The molecular formula is C12H20O. The summed E-state index contributed by atoms with van der Waals surface area (Å²) < 4.78 is 0. The largest absolute Gasteiger partial charge is 0.396 e. The van der Waals surface area contributed by atoms with E-state index in [4.69, 9.17) is 0 Å². The van der Waals surface area contributed by atoms with Crippen molar-refractivity contribution in [1.82, 2.24) is 0 Å². The van der Waals surface area contributed by atoms with Crippen molar-refractivity contribution in [1.29, 1.82) is 0 Å². The molecule has 1 heteroatoms. The summed E-state index contributed by atoms with van der Waals surface area (Å²) in [4.78, 5) is 0. The van der Waals surface area contributed by atoms with Gasteiger partial charge in [-0.15, -0.1) is 0 Å². The predicted molar refractivity (Wildman–Crippen MR) is 52.2 cm³/mol. The van der Waals surface area contributed by atoms with E-state index >= 15 is 0 Å². The molecule has 74 valence electrons. The Balaban J connectivity index is 1.93. The molecule has 3 unspecified atom stereocenters. The highest BCUT2D eigenvalue weighted by Crippen LogP contribution is 2.62. The summed E-state index contributed by atoms with van der Waals surface area (Å²) in [5.41, 5.74) is 0.517. The summed E-state index contributed by atoms with van der Waals surface area (Å²) in [5.74, 6) is 3.55. The maximum absolute atomic E-state index is 9.46. The van der Waals surface area contributed by atoms with Crippen LogP contribution in [-0.4, -0.2) is 11.7 Å². The number of hydrogen-bond donors (Lipinski definition) is 1. The van der Waals surface area contributed by atoms with Gasteiger partial charge in [0.25, 0.3) is 0 Å². The van der Waals surface area contributed by atoms with Gasteiger partial charge in [0.2, 0.25) is 0 Å². The smallest absolute Gasteiger partial charge is 0.0467 e. The summed E-state index contributed by atoms with van der Waals surface area (Å²) in [6.07, 6.45) is 7.18. The fourth-order valence-corrected chi connectivity index (χ4v) is 4.92. The van der Waals surface area contributed by atoms with Crippen molar-refractivity contribution in [3.63, 3.8) is 0 Å². The van der Waals surface area contributed by atoms with Gasteiger partial charge in [-0.1, -0.05) is 6.92 Å². The van der Waals surface area contributed by atoms with Crippen LogP contribution < -0.4 is 0 Å². The lowest BCUT2D eigenvalue weighted by Crippen LogP contribution is -2.52. The second-order valence-corrected chi connectivity index (χ2v) is 6.05. The molecule has 0 aliphatic heterocycles. The molecule has 0 aromatic rings. The van der Waals surface area contributed by atoms with Crippen molar-refractivity contribution >= 4 is 0 Å². The van der Waals surface area contributed by atoms with Crippen LogP contribution in [0.15, 0.2) is 0 Å². The fourth-order valence-electron chi connectivity index (χ4n) is 4.92. The average molecular weight is 180 g/mol. The quantitative estimate of drug-likeness (QED) is 0.657. The van der Waals surface area contributed by atoms with E-state index in [0.29, 0.717) is 17.9 Å². The molecule has 4 bridgehead atoms. The molecule has 13 heavy (non-hydrogen) atoms. The standard InChI is InChI=1S/C12H20O/c1-12-5-8-2-9(6-12)4-10(3-8)11(12)7-13/h8-11,13H,2-7H2,1H3. The maximum atomic E-state index is 9.46. The van der Waals surface area contributed by atoms with Crippen LogP contribution in [0.2, 0.25) is 0 Å². The van der Waals surface area contributed by atoms with Gasteiger partial charge in [-0.05, 0) is 61.2 Å². The van der Waals surface area contributed by atoms with Crippen molar-refractivity contribution in [2.75, 3.05) is 6.61 Å². The molecule has 0 amide bonds. The molecule has 0 saturated heterocycles. The maximum Gasteiger partial charge on any atom is 0.0467 e. The average Bonchev–Trinajstić information content (AvgIpc) is 2.00. The van der Waals surface area contributed by atoms with Crippen LogP contribution in [0, 0.1) is 29.1 Å².